The van der Waals surface area contributed by atoms with Crippen LogP contribution in [0.3, 0.4) is 0 Å². The van der Waals surface area contributed by atoms with Gasteiger partial charge in [-0.1, -0.05) is 57.1 Å². The molecule has 0 N–H and O–H groups in total. The Hall–Kier alpha value is -2.55. The molecule has 1 aliphatic rings. The Balaban J connectivity index is 2.01. The molecule has 31 heavy (non-hydrogen) atoms. The smallest absolute Gasteiger partial charge is 0.338 e. The molecule has 1 aliphatic heterocycles. The van der Waals surface area contributed by atoms with E-state index in [1.165, 1.54) is 29.9 Å². The van der Waals surface area contributed by atoms with Crippen molar-refractivity contribution >= 4 is 50.9 Å². The predicted octanol–water partition coefficient (Wildman–Crippen LogP) is 3.96. The van der Waals surface area contributed by atoms with Crippen LogP contribution in [-0.2, 0) is 9.53 Å². The van der Waals surface area contributed by atoms with Crippen LogP contribution in [0.4, 0.5) is 4.39 Å². The highest BCUT2D eigenvalue weighted by atomic mass is 79.9. The summed E-state index contributed by atoms with van der Waals surface area (Å²) in [6.45, 7) is 1.70. The van der Waals surface area contributed by atoms with Crippen molar-refractivity contribution < 1.29 is 13.9 Å². The van der Waals surface area contributed by atoms with Crippen LogP contribution in [0.15, 0.2) is 68.0 Å². The molecule has 2 heterocycles. The molecule has 5 nitrogen and oxygen atoms in total. The third-order valence-electron chi connectivity index (χ3n) is 4.89. The van der Waals surface area contributed by atoms with Crippen LogP contribution in [0, 0.1) is 5.82 Å². The molecule has 9 heteroatoms. The molecule has 1 aromatic heterocycles. The zero-order valence-electron chi connectivity index (χ0n) is 16.4. The van der Waals surface area contributed by atoms with Gasteiger partial charge in [-0.25, -0.2) is 14.2 Å². The van der Waals surface area contributed by atoms with Gasteiger partial charge in [-0.05, 0) is 42.8 Å². The topological polar surface area (TPSA) is 60.7 Å². The normalized spacial score (nSPS) is 16.2. The van der Waals surface area contributed by atoms with Crippen molar-refractivity contribution in [3.05, 3.63) is 99.9 Å². The number of esters is 1. The number of halogens is 3. The number of carbonyl (C=O) groups is 1. The van der Waals surface area contributed by atoms with Crippen LogP contribution in [-0.4, -0.2) is 17.6 Å². The summed E-state index contributed by atoms with van der Waals surface area (Å²) in [7, 11) is 1.28. The number of ether oxygens (including phenoxy) is 1. The van der Waals surface area contributed by atoms with Gasteiger partial charge in [0, 0.05) is 10.0 Å². The first-order valence-electron chi connectivity index (χ1n) is 9.12. The van der Waals surface area contributed by atoms with E-state index in [0.717, 1.165) is 21.4 Å². The van der Waals surface area contributed by atoms with Gasteiger partial charge in [-0.2, -0.15) is 0 Å². The van der Waals surface area contributed by atoms with Gasteiger partial charge in [-0.3, -0.25) is 9.36 Å². The number of hydrogen-bond acceptors (Lipinski definition) is 5. The van der Waals surface area contributed by atoms with E-state index in [1.807, 2.05) is 24.3 Å². The summed E-state index contributed by atoms with van der Waals surface area (Å²) < 4.78 is 21.8. The molecule has 158 valence electrons. The molecule has 0 spiro atoms. The maximum Gasteiger partial charge on any atom is 0.338 e. The van der Waals surface area contributed by atoms with Crippen molar-refractivity contribution in [2.75, 3.05) is 7.11 Å². The monoisotopic (exact) mass is 520 g/mol. The quantitative estimate of drug-likeness (QED) is 0.490. The lowest BCUT2D eigenvalue weighted by atomic mass is 9.96. The second-order valence-corrected chi connectivity index (χ2v) is 9.09. The molecule has 1 atom stereocenters. The van der Waals surface area contributed by atoms with E-state index in [4.69, 9.17) is 16.3 Å². The molecule has 2 aromatic carbocycles. The lowest BCUT2D eigenvalue weighted by molar-refractivity contribution is -0.136. The van der Waals surface area contributed by atoms with E-state index in [2.05, 4.69) is 20.9 Å². The van der Waals surface area contributed by atoms with Crippen molar-refractivity contribution in [2.45, 2.75) is 13.0 Å². The Bertz CT molecular complexity index is 1390. The van der Waals surface area contributed by atoms with Gasteiger partial charge < -0.3 is 4.74 Å². The third kappa shape index (κ3) is 3.91. The summed E-state index contributed by atoms with van der Waals surface area (Å²) in [6, 6.07) is 10.9. The summed E-state index contributed by atoms with van der Waals surface area (Å²) >= 11 is 10.6. The largest absolute Gasteiger partial charge is 0.466 e. The predicted molar refractivity (Wildman–Crippen MR) is 121 cm³/mol. The second kappa shape index (κ2) is 8.53. The van der Waals surface area contributed by atoms with Gasteiger partial charge in [0.25, 0.3) is 5.56 Å². The molecule has 4 rings (SSSR count). The van der Waals surface area contributed by atoms with Crippen LogP contribution in [0.25, 0.3) is 6.08 Å². The minimum Gasteiger partial charge on any atom is -0.466 e. The Morgan fingerprint density at radius 2 is 2.00 bits per heavy atom. The number of aromatic nitrogens is 1. The molecule has 0 amide bonds. The summed E-state index contributed by atoms with van der Waals surface area (Å²) in [4.78, 5) is 30.9. The first-order chi connectivity index (χ1) is 14.8. The number of thiazole rings is 1. The zero-order valence-corrected chi connectivity index (χ0v) is 19.5. The molecule has 0 saturated carbocycles. The number of hydrogen-bond donors (Lipinski definition) is 0. The highest BCUT2D eigenvalue weighted by molar-refractivity contribution is 9.10. The first-order valence-corrected chi connectivity index (χ1v) is 11.1. The maximum atomic E-state index is 14.3. The van der Waals surface area contributed by atoms with E-state index in [0.29, 0.717) is 10.5 Å². The van der Waals surface area contributed by atoms with E-state index in [9.17, 15) is 14.0 Å². The molecule has 0 saturated heterocycles. The minimum absolute atomic E-state index is 0.124. The van der Waals surface area contributed by atoms with E-state index in [1.54, 1.807) is 13.0 Å². The fourth-order valence-corrected chi connectivity index (χ4v) is 4.94. The summed E-state index contributed by atoms with van der Waals surface area (Å²) in [5.74, 6) is -1.10. The number of fused-ring (bicyclic) bond motifs is 1. The zero-order chi connectivity index (χ0) is 22.3. The average molecular weight is 522 g/mol. The number of methoxy groups -OCH3 is 1. The summed E-state index contributed by atoms with van der Waals surface area (Å²) in [6.07, 6.45) is 1.41. The molecule has 0 bridgehead atoms. The number of allylic oxidation sites excluding steroid dienone is 1. The summed E-state index contributed by atoms with van der Waals surface area (Å²) in [5, 5.41) is 0.196. The number of rotatable bonds is 3. The summed E-state index contributed by atoms with van der Waals surface area (Å²) in [5.41, 5.74) is 1.17. The van der Waals surface area contributed by atoms with Crippen LogP contribution in [0.5, 0.6) is 0 Å². The highest BCUT2D eigenvalue weighted by Crippen LogP contribution is 2.31. The fraction of sp³-hybridized carbons (Fsp3) is 0.136. The van der Waals surface area contributed by atoms with E-state index >= 15 is 0 Å². The van der Waals surface area contributed by atoms with Gasteiger partial charge >= 0.3 is 5.97 Å². The third-order valence-corrected chi connectivity index (χ3v) is 6.73. The molecule has 0 fully saturated rings. The number of benzene rings is 2. The Kier molecular flexibility index (Phi) is 5.96. The van der Waals surface area contributed by atoms with Crippen molar-refractivity contribution in [1.82, 2.24) is 4.57 Å². The fourth-order valence-electron chi connectivity index (χ4n) is 3.43. The Labute approximate surface area is 193 Å². The SMILES string of the molecule is COC(=O)C1=C(C)N=c2s/c(=C\c3c(F)cccc3Cl)c(=O)n2C1c1ccc(Br)cc1. The Morgan fingerprint density at radius 3 is 2.65 bits per heavy atom. The molecule has 1 unspecified atom stereocenters. The highest BCUT2D eigenvalue weighted by Gasteiger charge is 2.33. The van der Waals surface area contributed by atoms with Crippen molar-refractivity contribution in [3.63, 3.8) is 0 Å². The van der Waals surface area contributed by atoms with Gasteiger partial charge in [0.2, 0.25) is 0 Å². The van der Waals surface area contributed by atoms with E-state index in [-0.39, 0.29) is 20.7 Å². The van der Waals surface area contributed by atoms with Crippen molar-refractivity contribution in [3.8, 4) is 0 Å². The number of carbonyl (C=O) groups excluding carboxylic acids is 1. The van der Waals surface area contributed by atoms with Crippen LogP contribution >= 0.6 is 38.9 Å². The second-order valence-electron chi connectivity index (χ2n) is 6.76. The lowest BCUT2D eigenvalue weighted by Crippen LogP contribution is -2.39. The molecular formula is C22H15BrClFN2O3S. The van der Waals surface area contributed by atoms with Gasteiger partial charge in [-0.15, -0.1) is 0 Å². The van der Waals surface area contributed by atoms with Crippen molar-refractivity contribution in [2.24, 2.45) is 4.99 Å². The van der Waals surface area contributed by atoms with Crippen LogP contribution in [0.2, 0.25) is 5.02 Å². The average Bonchev–Trinajstić information content (AvgIpc) is 3.04. The minimum atomic E-state index is -0.727. The number of nitrogens with zero attached hydrogens (tertiary/aromatic N) is 2. The maximum absolute atomic E-state index is 14.3. The van der Waals surface area contributed by atoms with Crippen LogP contribution in [0.1, 0.15) is 24.1 Å². The lowest BCUT2D eigenvalue weighted by Gasteiger charge is -2.24. The standard InChI is InChI=1S/C22H15BrClFN2O3S/c1-11-18(21(29)30-2)19(12-6-8-13(23)9-7-12)27-20(28)17(31-22(27)26-11)10-14-15(24)4-3-5-16(14)25/h3-10,19H,1-2H3/b17-10-. The van der Waals surface area contributed by atoms with Crippen LogP contribution < -0.4 is 14.9 Å². The van der Waals surface area contributed by atoms with E-state index < -0.39 is 23.4 Å². The van der Waals surface area contributed by atoms with Gasteiger partial charge in [0.05, 0.1) is 34.0 Å². The first kappa shape index (κ1) is 21.7. The van der Waals surface area contributed by atoms with Gasteiger partial charge in [0.15, 0.2) is 4.80 Å². The molecule has 3 aromatic rings. The molecule has 0 radical (unpaired) electrons. The molecular weight excluding hydrogens is 507 g/mol. The molecule has 0 aliphatic carbocycles. The Morgan fingerprint density at radius 1 is 1.29 bits per heavy atom. The van der Waals surface area contributed by atoms with Gasteiger partial charge in [0.1, 0.15) is 5.82 Å². The van der Waals surface area contributed by atoms with Crippen molar-refractivity contribution in [1.29, 1.82) is 0 Å².